The van der Waals surface area contributed by atoms with Crippen LogP contribution in [0.15, 0.2) is 59.4 Å². The Kier molecular flexibility index (Phi) is 6.28. The third-order valence-corrected chi connectivity index (χ3v) is 6.61. The Morgan fingerprint density at radius 2 is 1.51 bits per heavy atom. The first-order valence-corrected chi connectivity index (χ1v) is 11.7. The molecule has 0 amide bonds. The van der Waals surface area contributed by atoms with Crippen LogP contribution in [-0.2, 0) is 14.3 Å². The molecule has 1 aliphatic heterocycles. The van der Waals surface area contributed by atoms with Gasteiger partial charge in [-0.3, -0.25) is 4.79 Å². The van der Waals surface area contributed by atoms with Crippen LogP contribution in [0, 0.1) is 41.5 Å². The number of esters is 1. The molecule has 0 radical (unpaired) electrons. The lowest BCUT2D eigenvalue weighted by atomic mass is 10.1. The lowest BCUT2D eigenvalue weighted by Gasteiger charge is -2.22. The van der Waals surface area contributed by atoms with Crippen LogP contribution in [0.2, 0.25) is 0 Å². The van der Waals surface area contributed by atoms with E-state index in [1.807, 2.05) is 37.0 Å². The Labute approximate surface area is 207 Å². The fraction of sp³-hybridized carbons (Fsp3) is 0.267. The number of carbonyl (C=O) groups excluding carboxylic acids is 2. The van der Waals surface area contributed by atoms with Crippen molar-refractivity contribution < 1.29 is 14.3 Å². The van der Waals surface area contributed by atoms with Gasteiger partial charge < -0.3 is 14.2 Å². The van der Waals surface area contributed by atoms with Crippen LogP contribution in [0.25, 0.3) is 11.8 Å². The number of rotatable bonds is 4. The fourth-order valence-corrected chi connectivity index (χ4v) is 5.08. The van der Waals surface area contributed by atoms with E-state index in [0.717, 1.165) is 39.5 Å². The molecule has 3 aromatic rings. The Hall–Kier alpha value is -3.86. The molecule has 1 aromatic heterocycles. The van der Waals surface area contributed by atoms with Crippen molar-refractivity contribution >= 4 is 23.5 Å². The van der Waals surface area contributed by atoms with Crippen molar-refractivity contribution in [2.45, 2.75) is 48.5 Å². The van der Waals surface area contributed by atoms with E-state index in [0.29, 0.717) is 11.4 Å². The Bertz CT molecular complexity index is 1420. The third kappa shape index (κ3) is 4.23. The molecule has 0 unspecified atom stereocenters. The number of allylic oxidation sites excluding steroid dienone is 2. The van der Waals surface area contributed by atoms with Crippen LogP contribution in [-0.4, -0.2) is 23.4 Å². The number of ketones is 1. The molecule has 5 nitrogen and oxygen atoms in total. The summed E-state index contributed by atoms with van der Waals surface area (Å²) < 4.78 is 7.17. The fourth-order valence-electron chi connectivity index (χ4n) is 5.08. The van der Waals surface area contributed by atoms with E-state index in [1.165, 1.54) is 18.2 Å². The molecule has 0 saturated carbocycles. The van der Waals surface area contributed by atoms with E-state index >= 15 is 0 Å². The lowest BCUT2D eigenvalue weighted by Crippen LogP contribution is -2.18. The predicted molar refractivity (Wildman–Crippen MR) is 141 cm³/mol. The first kappa shape index (κ1) is 24.3. The number of Topliss-reactive ketones (excluding diaryl/α,β-unsaturated/α-hetero) is 1. The average Bonchev–Trinajstić information content (AvgIpc) is 3.19. The van der Waals surface area contributed by atoms with E-state index in [2.05, 4.69) is 62.6 Å². The molecule has 0 bridgehead atoms. The molecule has 5 heteroatoms. The van der Waals surface area contributed by atoms with Gasteiger partial charge in [-0.05, 0) is 101 Å². The number of aromatic nitrogens is 1. The minimum Gasteiger partial charge on any atom is -0.465 e. The third-order valence-electron chi connectivity index (χ3n) is 6.61. The summed E-state index contributed by atoms with van der Waals surface area (Å²) in [6.07, 6.45) is 1.89. The number of carbonyl (C=O) groups is 2. The zero-order chi connectivity index (χ0) is 25.6. The molecule has 35 heavy (non-hydrogen) atoms. The second kappa shape index (κ2) is 9.06. The van der Waals surface area contributed by atoms with Gasteiger partial charge in [0.05, 0.1) is 12.8 Å². The monoisotopic (exact) mass is 468 g/mol. The van der Waals surface area contributed by atoms with E-state index in [4.69, 9.17) is 4.74 Å². The van der Waals surface area contributed by atoms with Crippen LogP contribution in [0.4, 0.5) is 5.69 Å². The molecule has 4 rings (SSSR count). The zero-order valence-corrected chi connectivity index (χ0v) is 21.7. The Balaban J connectivity index is 1.91. The van der Waals surface area contributed by atoms with Crippen molar-refractivity contribution in [3.05, 3.63) is 98.6 Å². The van der Waals surface area contributed by atoms with Crippen molar-refractivity contribution in [2.24, 2.45) is 0 Å². The van der Waals surface area contributed by atoms with E-state index in [-0.39, 0.29) is 11.4 Å². The molecule has 0 fully saturated rings. The van der Waals surface area contributed by atoms with E-state index in [9.17, 15) is 9.59 Å². The van der Waals surface area contributed by atoms with Crippen molar-refractivity contribution in [1.29, 1.82) is 0 Å². The molecule has 2 aromatic carbocycles. The first-order chi connectivity index (χ1) is 16.5. The van der Waals surface area contributed by atoms with Crippen LogP contribution in [0.5, 0.6) is 0 Å². The molecule has 0 aliphatic carbocycles. The number of methoxy groups -OCH3 is 1. The second-order valence-corrected chi connectivity index (χ2v) is 9.44. The zero-order valence-electron chi connectivity index (χ0n) is 21.7. The molecule has 180 valence electrons. The number of hydrogen-bond acceptors (Lipinski definition) is 4. The quantitative estimate of drug-likeness (QED) is 0.260. The number of nitrogens with zero attached hydrogens (tertiary/aromatic N) is 2. The van der Waals surface area contributed by atoms with Gasteiger partial charge in [0, 0.05) is 28.5 Å². The number of hydrogen-bond donors (Lipinski definition) is 0. The highest BCUT2D eigenvalue weighted by molar-refractivity contribution is 6.30. The molecule has 0 atom stereocenters. The summed E-state index contributed by atoms with van der Waals surface area (Å²) in [6.45, 7) is 14.2. The van der Waals surface area contributed by atoms with Gasteiger partial charge in [0.1, 0.15) is 5.57 Å². The number of anilines is 1. The Morgan fingerprint density at radius 1 is 0.857 bits per heavy atom. The summed E-state index contributed by atoms with van der Waals surface area (Å²) in [5, 5.41) is 0. The van der Waals surface area contributed by atoms with Crippen LogP contribution >= 0.6 is 0 Å². The topological polar surface area (TPSA) is 51.5 Å². The van der Waals surface area contributed by atoms with Crippen molar-refractivity contribution in [1.82, 2.24) is 4.57 Å². The van der Waals surface area contributed by atoms with Gasteiger partial charge >= 0.3 is 5.97 Å². The van der Waals surface area contributed by atoms with Crippen molar-refractivity contribution in [3.8, 4) is 5.69 Å². The highest BCUT2D eigenvalue weighted by atomic mass is 16.5. The van der Waals surface area contributed by atoms with Crippen LogP contribution in [0.3, 0.4) is 0 Å². The van der Waals surface area contributed by atoms with Crippen LogP contribution < -0.4 is 4.90 Å². The van der Waals surface area contributed by atoms with Crippen molar-refractivity contribution in [2.75, 3.05) is 12.0 Å². The van der Waals surface area contributed by atoms with E-state index in [1.54, 1.807) is 6.92 Å². The summed E-state index contributed by atoms with van der Waals surface area (Å²) in [5.74, 6) is -0.948. The van der Waals surface area contributed by atoms with E-state index < -0.39 is 5.97 Å². The van der Waals surface area contributed by atoms with Gasteiger partial charge in [0.2, 0.25) is 5.78 Å². The lowest BCUT2D eigenvalue weighted by molar-refractivity contribution is -0.137. The largest absolute Gasteiger partial charge is 0.465 e. The summed E-state index contributed by atoms with van der Waals surface area (Å²) in [6, 6.07) is 14.6. The van der Waals surface area contributed by atoms with Crippen LogP contribution in [0.1, 0.15) is 46.1 Å². The number of ether oxygens (including phenoxy) is 1. The highest BCUT2D eigenvalue weighted by Gasteiger charge is 2.38. The molecule has 0 saturated heterocycles. The molecule has 0 N–H and O–H groups in total. The number of benzene rings is 2. The summed E-state index contributed by atoms with van der Waals surface area (Å²) >= 11 is 0. The molecule has 1 aliphatic rings. The second-order valence-electron chi connectivity index (χ2n) is 9.44. The maximum Gasteiger partial charge on any atom is 0.343 e. The summed E-state index contributed by atoms with van der Waals surface area (Å²) in [5.41, 5.74) is 10.6. The molecule has 0 spiro atoms. The number of aryl methyl sites for hydroxylation is 5. The standard InChI is InChI=1S/C30H32N2O3/c1-17-9-10-26(20(4)12-17)31-21(5)15-24(22(31)6)16-27-29(33)28(30(34)35-8)23(7)32(27)25-13-18(2)11-19(3)14-25/h9-16H,1-8H3. The highest BCUT2D eigenvalue weighted by Crippen LogP contribution is 2.37. The minimum atomic E-state index is -0.619. The summed E-state index contributed by atoms with van der Waals surface area (Å²) in [4.78, 5) is 28.0. The molecular weight excluding hydrogens is 436 g/mol. The minimum absolute atomic E-state index is 0.0705. The maximum absolute atomic E-state index is 13.6. The SMILES string of the molecule is COC(=O)C1=C(C)N(c2cc(C)cc(C)c2)C(=Cc2cc(C)n(-c3ccc(C)cc3C)c2C)C1=O. The normalized spacial score (nSPS) is 14.9. The molecule has 2 heterocycles. The summed E-state index contributed by atoms with van der Waals surface area (Å²) in [7, 11) is 1.30. The smallest absolute Gasteiger partial charge is 0.343 e. The maximum atomic E-state index is 13.6. The van der Waals surface area contributed by atoms with Gasteiger partial charge in [0.25, 0.3) is 0 Å². The van der Waals surface area contributed by atoms with Crippen molar-refractivity contribution in [3.63, 3.8) is 0 Å². The van der Waals surface area contributed by atoms with Gasteiger partial charge in [-0.25, -0.2) is 4.79 Å². The Morgan fingerprint density at radius 3 is 2.11 bits per heavy atom. The van der Waals surface area contributed by atoms with Gasteiger partial charge in [-0.15, -0.1) is 0 Å². The van der Waals surface area contributed by atoms with Gasteiger partial charge in [-0.2, -0.15) is 0 Å². The van der Waals surface area contributed by atoms with Gasteiger partial charge in [-0.1, -0.05) is 23.8 Å². The first-order valence-electron chi connectivity index (χ1n) is 11.7. The average molecular weight is 469 g/mol. The predicted octanol–water partition coefficient (Wildman–Crippen LogP) is 6.21. The van der Waals surface area contributed by atoms with Gasteiger partial charge in [0.15, 0.2) is 0 Å². The molecular formula is C30H32N2O3.